The summed E-state index contributed by atoms with van der Waals surface area (Å²) in [5, 5.41) is 11.4. The lowest BCUT2D eigenvalue weighted by molar-refractivity contribution is 0.477. The molecule has 0 radical (unpaired) electrons. The van der Waals surface area contributed by atoms with Crippen molar-refractivity contribution in [1.29, 1.82) is 0 Å². The fraction of sp³-hybridized carbons (Fsp3) is 0.208. The van der Waals surface area contributed by atoms with Gasteiger partial charge in [0.1, 0.15) is 11.6 Å². The Balaban J connectivity index is 1.40. The molecule has 8 rings (SSSR count). The van der Waals surface area contributed by atoms with Crippen molar-refractivity contribution in [1.82, 2.24) is 14.5 Å². The summed E-state index contributed by atoms with van der Waals surface area (Å²) in [5.41, 5.74) is 8.05. The molecular formula is C53H51N3O. The Labute approximate surface area is 350 Å². The van der Waals surface area contributed by atoms with Crippen LogP contribution in [-0.2, 0) is 10.8 Å². The number of para-hydroxylation sites is 2. The molecular weight excluding hydrogens is 695 g/mol. The lowest BCUT2D eigenvalue weighted by atomic mass is 9.80. The van der Waals surface area contributed by atoms with Gasteiger partial charge >= 0.3 is 0 Å². The van der Waals surface area contributed by atoms with Crippen LogP contribution in [0, 0.1) is 0 Å². The van der Waals surface area contributed by atoms with Crippen molar-refractivity contribution in [2.24, 2.45) is 0 Å². The highest BCUT2D eigenvalue weighted by molar-refractivity contribution is 5.97. The topological polar surface area (TPSA) is 50.9 Å². The van der Waals surface area contributed by atoms with Crippen molar-refractivity contribution in [2.75, 3.05) is 0 Å². The number of imidazole rings is 1. The first-order chi connectivity index (χ1) is 30.9. The predicted octanol–water partition coefficient (Wildman–Crippen LogP) is 14.2. The molecule has 0 saturated carbocycles. The lowest BCUT2D eigenvalue weighted by Gasteiger charge is -2.25. The molecule has 4 nitrogen and oxygen atoms in total. The van der Waals surface area contributed by atoms with Gasteiger partial charge in [0.2, 0.25) is 0 Å². The minimum Gasteiger partial charge on any atom is -0.507 e. The van der Waals surface area contributed by atoms with Crippen LogP contribution in [0.4, 0.5) is 0 Å². The number of phenolic OH excluding ortho intramolecular Hbond substituents is 1. The molecule has 0 aliphatic heterocycles. The smallest absolute Gasteiger partial charge is 0.149 e. The maximum atomic E-state index is 11.4. The van der Waals surface area contributed by atoms with Crippen LogP contribution in [0.2, 0.25) is 0 Å². The molecule has 0 amide bonds. The molecule has 0 bridgehead atoms. The predicted molar refractivity (Wildman–Crippen MR) is 239 cm³/mol. The van der Waals surface area contributed by atoms with Gasteiger partial charge in [-0.05, 0) is 116 Å². The van der Waals surface area contributed by atoms with E-state index in [9.17, 15) is 7.85 Å². The molecule has 2 aromatic heterocycles. The summed E-state index contributed by atoms with van der Waals surface area (Å²) in [4.78, 5) is 9.73. The molecule has 0 unspecified atom stereocenters. The molecule has 2 heterocycles. The summed E-state index contributed by atoms with van der Waals surface area (Å²) < 4.78 is 80.6. The average molecular weight is 755 g/mol. The van der Waals surface area contributed by atoms with Gasteiger partial charge in [0.25, 0.3) is 0 Å². The number of hydrogen-bond acceptors (Lipinski definition) is 3. The van der Waals surface area contributed by atoms with Crippen LogP contribution in [0.3, 0.4) is 0 Å². The van der Waals surface area contributed by atoms with E-state index in [1.54, 1.807) is 12.1 Å². The first kappa shape index (κ1) is 28.2. The number of hydrogen-bond donors (Lipinski definition) is 1. The zero-order valence-electron chi connectivity index (χ0n) is 42.6. The third kappa shape index (κ3) is 7.29. The summed E-state index contributed by atoms with van der Waals surface area (Å²) in [7, 11) is 0. The number of phenols is 1. The zero-order chi connectivity index (χ0) is 47.9. The highest BCUT2D eigenvalue weighted by Gasteiger charge is 2.25. The standard InChI is InChI=1S/C53H51N3O/c1-34(2)45-33-40(25-26-42(45)43-19-12-14-22-46(43)53(6,7)8)56-48-23-16-21-41(50(48)55-51(56)44-20-13-15-24-49(44)57)37-29-38(31-39(30-37)52(3,4)5)47-32-36(27-28-54-47)35-17-10-9-11-18-35/h9-34,57H,1-8H3/i9D,10D,11D,17D,18D,27D,28D,32D,34D. The van der Waals surface area contributed by atoms with Gasteiger partial charge in [-0.15, -0.1) is 0 Å². The number of rotatable bonds is 7. The van der Waals surface area contributed by atoms with Gasteiger partial charge in [0, 0.05) is 24.4 Å². The summed E-state index contributed by atoms with van der Waals surface area (Å²) in [6.45, 7) is 16.5. The summed E-state index contributed by atoms with van der Waals surface area (Å²) in [5.74, 6) is -0.499. The molecule has 0 spiro atoms. The van der Waals surface area contributed by atoms with E-state index in [2.05, 4.69) is 44.0 Å². The number of pyridine rings is 1. The number of benzene rings is 6. The van der Waals surface area contributed by atoms with E-state index in [1.165, 1.54) is 5.56 Å². The van der Waals surface area contributed by atoms with Gasteiger partial charge < -0.3 is 5.11 Å². The minimum atomic E-state index is -1.01. The Morgan fingerprint density at radius 2 is 1.35 bits per heavy atom. The van der Waals surface area contributed by atoms with Gasteiger partial charge in [-0.2, -0.15) is 0 Å². The van der Waals surface area contributed by atoms with E-state index >= 15 is 0 Å². The van der Waals surface area contributed by atoms with Crippen LogP contribution >= 0.6 is 0 Å². The van der Waals surface area contributed by atoms with Gasteiger partial charge in [0.15, 0.2) is 0 Å². The molecule has 6 aromatic carbocycles. The fourth-order valence-corrected chi connectivity index (χ4v) is 7.44. The summed E-state index contributed by atoms with van der Waals surface area (Å²) in [6.07, 6.45) is -0.512. The van der Waals surface area contributed by atoms with Crippen LogP contribution < -0.4 is 0 Å². The first-order valence-electron chi connectivity index (χ1n) is 23.7. The second-order valence-electron chi connectivity index (χ2n) is 16.7. The largest absolute Gasteiger partial charge is 0.507 e. The van der Waals surface area contributed by atoms with E-state index in [1.807, 2.05) is 112 Å². The molecule has 0 saturated heterocycles. The Kier molecular flexibility index (Phi) is 7.25. The fourth-order valence-electron chi connectivity index (χ4n) is 7.44. The van der Waals surface area contributed by atoms with Crippen LogP contribution in [0.25, 0.3) is 72.7 Å². The molecule has 1 N–H and O–H groups in total. The third-order valence-corrected chi connectivity index (χ3v) is 10.4. The van der Waals surface area contributed by atoms with Crippen molar-refractivity contribution in [3.8, 4) is 67.5 Å². The monoisotopic (exact) mass is 754 g/mol. The summed E-state index contributed by atoms with van der Waals surface area (Å²) in [6, 6.07) is 29.2. The molecule has 8 aromatic rings. The lowest BCUT2D eigenvalue weighted by Crippen LogP contribution is -2.13. The average Bonchev–Trinajstić information content (AvgIpc) is 3.66. The summed E-state index contributed by atoms with van der Waals surface area (Å²) >= 11 is 0. The molecule has 0 aliphatic carbocycles. The molecule has 284 valence electrons. The van der Waals surface area contributed by atoms with Gasteiger partial charge in [-0.1, -0.05) is 146 Å². The quantitative estimate of drug-likeness (QED) is 0.176. The maximum Gasteiger partial charge on any atom is 0.149 e. The van der Waals surface area contributed by atoms with E-state index in [0.29, 0.717) is 33.6 Å². The van der Waals surface area contributed by atoms with Crippen molar-refractivity contribution in [3.63, 3.8) is 0 Å². The second kappa shape index (κ2) is 14.7. The van der Waals surface area contributed by atoms with E-state index in [-0.39, 0.29) is 34.0 Å². The van der Waals surface area contributed by atoms with Crippen molar-refractivity contribution in [3.05, 3.63) is 168 Å². The van der Waals surface area contributed by atoms with Crippen LogP contribution in [-0.4, -0.2) is 19.6 Å². The highest BCUT2D eigenvalue weighted by Crippen LogP contribution is 2.42. The molecule has 0 fully saturated rings. The molecule has 0 atom stereocenters. The van der Waals surface area contributed by atoms with Gasteiger partial charge in [0.05, 0.1) is 33.3 Å². The normalized spacial score (nSPS) is 14.5. The first-order valence-corrected chi connectivity index (χ1v) is 19.2. The van der Waals surface area contributed by atoms with E-state index in [4.69, 9.17) is 14.6 Å². The number of nitrogens with zero attached hydrogens (tertiary/aromatic N) is 3. The van der Waals surface area contributed by atoms with E-state index < -0.39 is 53.7 Å². The zero-order valence-corrected chi connectivity index (χ0v) is 33.6. The van der Waals surface area contributed by atoms with Crippen LogP contribution in [0.5, 0.6) is 5.75 Å². The Hall–Kier alpha value is -6.26. The second-order valence-corrected chi connectivity index (χ2v) is 16.7. The Morgan fingerprint density at radius 3 is 2.07 bits per heavy atom. The SMILES string of the molecule is [2H]c1nc(-c2cc(-c3cccc4c3nc(-c3ccccc3O)n4-c3ccc(-c4ccccc4C(C)(C)C)c(C([2H])(C)C)c3)cc(C(C)(C)C)c2)c([2H])c(-c2c([2H])c([2H])c([2H])c([2H])c2[2H])c1[2H]. The van der Waals surface area contributed by atoms with Gasteiger partial charge in [-0.25, -0.2) is 4.98 Å². The molecule has 0 aliphatic rings. The van der Waals surface area contributed by atoms with Gasteiger partial charge in [-0.3, -0.25) is 9.55 Å². The molecule has 57 heavy (non-hydrogen) atoms. The molecule has 4 heteroatoms. The van der Waals surface area contributed by atoms with Crippen molar-refractivity contribution >= 4 is 11.0 Å². The highest BCUT2D eigenvalue weighted by atomic mass is 16.3. The number of aromatic nitrogens is 3. The van der Waals surface area contributed by atoms with E-state index in [0.717, 1.165) is 33.5 Å². The maximum absolute atomic E-state index is 11.4. The number of fused-ring (bicyclic) bond motifs is 1. The van der Waals surface area contributed by atoms with Crippen molar-refractivity contribution in [2.45, 2.75) is 72.1 Å². The Bertz CT molecular complexity index is 3240. The van der Waals surface area contributed by atoms with Crippen molar-refractivity contribution < 1.29 is 17.4 Å². The third-order valence-electron chi connectivity index (χ3n) is 10.4. The van der Waals surface area contributed by atoms with Crippen LogP contribution in [0.15, 0.2) is 152 Å². The Morgan fingerprint density at radius 1 is 0.649 bits per heavy atom. The minimum absolute atomic E-state index is 0.0106. The number of aromatic hydroxyl groups is 1. The van der Waals surface area contributed by atoms with Crippen LogP contribution in [0.1, 0.15) is 90.3 Å².